The van der Waals surface area contributed by atoms with Gasteiger partial charge in [-0.05, 0) is 43.3 Å². The summed E-state index contributed by atoms with van der Waals surface area (Å²) in [7, 11) is 0. The second-order valence-corrected chi connectivity index (χ2v) is 4.80. The zero-order chi connectivity index (χ0) is 14.5. The molecule has 2 rings (SSSR count). The first-order valence-electron chi connectivity index (χ1n) is 6.14. The molecule has 0 radical (unpaired) electrons. The van der Waals surface area contributed by atoms with Crippen LogP contribution in [0.4, 0.5) is 5.69 Å². The fraction of sp³-hybridized carbons (Fsp3) is 0.133. The lowest BCUT2D eigenvalue weighted by molar-refractivity contribution is -0.117. The molecule has 2 aromatic rings. The lowest BCUT2D eigenvalue weighted by Gasteiger charge is -2.10. The molecule has 4 nitrogen and oxygen atoms in total. The molecule has 0 aliphatic rings. The van der Waals surface area contributed by atoms with Crippen LogP contribution < -0.4 is 15.8 Å². The second kappa shape index (κ2) is 6.41. The number of benzene rings is 2. The normalized spacial score (nSPS) is 11.8. The average Bonchev–Trinajstić information content (AvgIpc) is 2.42. The summed E-state index contributed by atoms with van der Waals surface area (Å²) in [5, 5.41) is 3.36. The topological polar surface area (TPSA) is 64.4 Å². The van der Waals surface area contributed by atoms with Gasteiger partial charge in [0, 0.05) is 16.8 Å². The summed E-state index contributed by atoms with van der Waals surface area (Å²) in [6, 6.07) is 13.6. The van der Waals surface area contributed by atoms with Crippen LogP contribution in [-0.4, -0.2) is 11.9 Å². The van der Waals surface area contributed by atoms with Crippen molar-refractivity contribution in [2.45, 2.75) is 13.0 Å². The Bertz CT molecular complexity index is 597. The van der Waals surface area contributed by atoms with Crippen molar-refractivity contribution >= 4 is 23.2 Å². The fourth-order valence-corrected chi connectivity index (χ4v) is 1.66. The number of anilines is 1. The summed E-state index contributed by atoms with van der Waals surface area (Å²) in [6.07, 6.45) is 0. The Labute approximate surface area is 122 Å². The standard InChI is InChI=1S/C15H15ClN2O2/c1-10(17)15(19)18-12-3-2-4-14(9-12)20-13-7-5-11(16)6-8-13/h2-10H,17H2,1H3,(H,18,19). The van der Waals surface area contributed by atoms with E-state index < -0.39 is 6.04 Å². The molecule has 0 aliphatic heterocycles. The number of amides is 1. The summed E-state index contributed by atoms with van der Waals surface area (Å²) in [5.41, 5.74) is 6.14. The third-order valence-corrected chi connectivity index (χ3v) is 2.82. The van der Waals surface area contributed by atoms with Crippen LogP contribution in [-0.2, 0) is 4.79 Å². The number of halogens is 1. The third-order valence-electron chi connectivity index (χ3n) is 2.56. The molecule has 3 N–H and O–H groups in total. The molecular formula is C15H15ClN2O2. The number of carbonyl (C=O) groups excluding carboxylic acids is 1. The lowest BCUT2D eigenvalue weighted by atomic mass is 10.2. The van der Waals surface area contributed by atoms with Crippen molar-refractivity contribution in [3.63, 3.8) is 0 Å². The molecule has 0 fully saturated rings. The molecule has 0 bridgehead atoms. The van der Waals surface area contributed by atoms with E-state index in [-0.39, 0.29) is 5.91 Å². The van der Waals surface area contributed by atoms with E-state index in [9.17, 15) is 4.79 Å². The number of ether oxygens (including phenoxy) is 1. The van der Waals surface area contributed by atoms with Gasteiger partial charge in [-0.25, -0.2) is 0 Å². The summed E-state index contributed by atoms with van der Waals surface area (Å²) in [5.74, 6) is 1.05. The third kappa shape index (κ3) is 3.98. The van der Waals surface area contributed by atoms with Gasteiger partial charge in [0.05, 0.1) is 6.04 Å². The summed E-state index contributed by atoms with van der Waals surface area (Å²) < 4.78 is 5.67. The molecular weight excluding hydrogens is 276 g/mol. The molecule has 1 amide bonds. The molecule has 0 heterocycles. The van der Waals surface area contributed by atoms with Gasteiger partial charge in [0.25, 0.3) is 0 Å². The monoisotopic (exact) mass is 290 g/mol. The maximum atomic E-state index is 11.5. The highest BCUT2D eigenvalue weighted by atomic mass is 35.5. The number of carbonyl (C=O) groups is 1. The minimum Gasteiger partial charge on any atom is -0.457 e. The largest absolute Gasteiger partial charge is 0.457 e. The fourth-order valence-electron chi connectivity index (χ4n) is 1.53. The molecule has 1 unspecified atom stereocenters. The van der Waals surface area contributed by atoms with Crippen LogP contribution in [0, 0.1) is 0 Å². The van der Waals surface area contributed by atoms with E-state index in [1.54, 1.807) is 55.5 Å². The van der Waals surface area contributed by atoms with Gasteiger partial charge in [0.2, 0.25) is 5.91 Å². The van der Waals surface area contributed by atoms with Gasteiger partial charge in [-0.3, -0.25) is 4.79 Å². The number of rotatable bonds is 4. The minimum atomic E-state index is -0.559. The Morgan fingerprint density at radius 2 is 1.90 bits per heavy atom. The van der Waals surface area contributed by atoms with Crippen LogP contribution in [0.15, 0.2) is 48.5 Å². The van der Waals surface area contributed by atoms with Crippen molar-refractivity contribution in [3.05, 3.63) is 53.6 Å². The Morgan fingerprint density at radius 1 is 1.20 bits per heavy atom. The van der Waals surface area contributed by atoms with Crippen molar-refractivity contribution in [2.24, 2.45) is 5.73 Å². The maximum Gasteiger partial charge on any atom is 0.241 e. The highest BCUT2D eigenvalue weighted by Gasteiger charge is 2.08. The van der Waals surface area contributed by atoms with E-state index in [1.807, 2.05) is 0 Å². The molecule has 0 saturated heterocycles. The Hall–Kier alpha value is -2.04. The molecule has 0 spiro atoms. The van der Waals surface area contributed by atoms with Crippen LogP contribution in [0.3, 0.4) is 0 Å². The number of hydrogen-bond donors (Lipinski definition) is 2. The van der Waals surface area contributed by atoms with Gasteiger partial charge in [-0.15, -0.1) is 0 Å². The Balaban J connectivity index is 2.09. The SMILES string of the molecule is CC(N)C(=O)Nc1cccc(Oc2ccc(Cl)cc2)c1. The summed E-state index contributed by atoms with van der Waals surface area (Å²) >= 11 is 5.81. The predicted octanol–water partition coefficient (Wildman–Crippen LogP) is 3.42. The molecule has 20 heavy (non-hydrogen) atoms. The van der Waals surface area contributed by atoms with E-state index in [4.69, 9.17) is 22.1 Å². The first kappa shape index (κ1) is 14.4. The van der Waals surface area contributed by atoms with Crippen molar-refractivity contribution in [3.8, 4) is 11.5 Å². The average molecular weight is 291 g/mol. The van der Waals surface area contributed by atoms with Crippen molar-refractivity contribution in [1.29, 1.82) is 0 Å². The number of nitrogens with one attached hydrogen (secondary N) is 1. The van der Waals surface area contributed by atoms with Crippen molar-refractivity contribution in [1.82, 2.24) is 0 Å². The second-order valence-electron chi connectivity index (χ2n) is 4.36. The van der Waals surface area contributed by atoms with Crippen LogP contribution in [0.2, 0.25) is 5.02 Å². The lowest BCUT2D eigenvalue weighted by Crippen LogP contribution is -2.32. The van der Waals surface area contributed by atoms with E-state index in [2.05, 4.69) is 5.32 Å². The van der Waals surface area contributed by atoms with Gasteiger partial charge in [-0.2, -0.15) is 0 Å². The highest BCUT2D eigenvalue weighted by Crippen LogP contribution is 2.25. The van der Waals surface area contributed by atoms with Gasteiger partial charge >= 0.3 is 0 Å². The Morgan fingerprint density at radius 3 is 2.55 bits per heavy atom. The molecule has 2 aromatic carbocycles. The molecule has 1 atom stereocenters. The van der Waals surface area contributed by atoms with E-state index in [0.717, 1.165) is 0 Å². The van der Waals surface area contributed by atoms with E-state index in [1.165, 1.54) is 0 Å². The zero-order valence-electron chi connectivity index (χ0n) is 11.0. The van der Waals surface area contributed by atoms with Crippen LogP contribution in [0.25, 0.3) is 0 Å². The number of hydrogen-bond acceptors (Lipinski definition) is 3. The van der Waals surface area contributed by atoms with Crippen molar-refractivity contribution in [2.75, 3.05) is 5.32 Å². The highest BCUT2D eigenvalue weighted by molar-refractivity contribution is 6.30. The smallest absolute Gasteiger partial charge is 0.241 e. The molecule has 5 heteroatoms. The number of nitrogens with two attached hydrogens (primary N) is 1. The Kier molecular flexibility index (Phi) is 4.61. The molecule has 0 aromatic heterocycles. The molecule has 0 aliphatic carbocycles. The maximum absolute atomic E-state index is 11.5. The van der Waals surface area contributed by atoms with Crippen LogP contribution in [0.5, 0.6) is 11.5 Å². The summed E-state index contributed by atoms with van der Waals surface area (Å²) in [6.45, 7) is 1.63. The first-order valence-corrected chi connectivity index (χ1v) is 6.52. The van der Waals surface area contributed by atoms with Gasteiger partial charge in [-0.1, -0.05) is 17.7 Å². The van der Waals surface area contributed by atoms with E-state index >= 15 is 0 Å². The zero-order valence-corrected chi connectivity index (χ0v) is 11.7. The van der Waals surface area contributed by atoms with Gasteiger partial charge in [0.1, 0.15) is 11.5 Å². The van der Waals surface area contributed by atoms with Gasteiger partial charge < -0.3 is 15.8 Å². The summed E-state index contributed by atoms with van der Waals surface area (Å²) in [4.78, 5) is 11.5. The molecule has 104 valence electrons. The van der Waals surface area contributed by atoms with Crippen LogP contribution >= 0.6 is 11.6 Å². The van der Waals surface area contributed by atoms with Crippen LogP contribution in [0.1, 0.15) is 6.92 Å². The first-order chi connectivity index (χ1) is 9.54. The molecule has 0 saturated carbocycles. The van der Waals surface area contributed by atoms with E-state index in [0.29, 0.717) is 22.2 Å². The van der Waals surface area contributed by atoms with Crippen molar-refractivity contribution < 1.29 is 9.53 Å². The quantitative estimate of drug-likeness (QED) is 0.907. The predicted molar refractivity (Wildman–Crippen MR) is 80.2 cm³/mol. The minimum absolute atomic E-state index is 0.242. The van der Waals surface area contributed by atoms with Gasteiger partial charge in [0.15, 0.2) is 0 Å².